The van der Waals surface area contributed by atoms with Gasteiger partial charge in [0.15, 0.2) is 0 Å². The number of benzene rings is 2. The van der Waals surface area contributed by atoms with Gasteiger partial charge in [0.2, 0.25) is 5.92 Å². The summed E-state index contributed by atoms with van der Waals surface area (Å²) in [6, 6.07) is 12.2. The Morgan fingerprint density at radius 2 is 1.92 bits per heavy atom. The first-order valence-corrected chi connectivity index (χ1v) is 8.60. The van der Waals surface area contributed by atoms with Crippen molar-refractivity contribution in [1.29, 1.82) is 0 Å². The Morgan fingerprint density at radius 1 is 1.15 bits per heavy atom. The van der Waals surface area contributed by atoms with E-state index >= 15 is 0 Å². The molecule has 2 amide bonds. The minimum absolute atomic E-state index is 0.180. The standard InChI is InChI=1S/C19H16ClF2N3O/c20-15-7-12(5-6-13(15)11-8-19(21,22)9-11)24-18(26)25-17-10-23-16-4-2-1-3-14(16)17/h1-7,10-11,23H,8-9H2,(H2,24,25,26). The molecule has 4 nitrogen and oxygen atoms in total. The average Bonchev–Trinajstić information content (AvgIpc) is 2.96. The first kappa shape index (κ1) is 16.8. The maximum Gasteiger partial charge on any atom is 0.323 e. The van der Waals surface area contributed by atoms with E-state index in [-0.39, 0.29) is 18.8 Å². The van der Waals surface area contributed by atoms with Gasteiger partial charge in [0.25, 0.3) is 0 Å². The molecule has 0 saturated heterocycles. The number of para-hydroxylation sites is 1. The lowest BCUT2D eigenvalue weighted by atomic mass is 9.77. The average molecular weight is 376 g/mol. The van der Waals surface area contributed by atoms with Crippen LogP contribution in [0.2, 0.25) is 5.02 Å². The number of alkyl halides is 2. The van der Waals surface area contributed by atoms with E-state index in [1.807, 2.05) is 24.3 Å². The number of hydrogen-bond acceptors (Lipinski definition) is 1. The second-order valence-electron chi connectivity index (χ2n) is 6.52. The summed E-state index contributed by atoms with van der Waals surface area (Å²) in [5.41, 5.74) is 2.78. The number of hydrogen-bond donors (Lipinski definition) is 3. The van der Waals surface area contributed by atoms with Gasteiger partial charge in [-0.05, 0) is 29.7 Å². The Balaban J connectivity index is 1.44. The van der Waals surface area contributed by atoms with Gasteiger partial charge in [-0.3, -0.25) is 0 Å². The third kappa shape index (κ3) is 3.24. The molecular formula is C19H16ClF2N3O. The fraction of sp³-hybridized carbons (Fsp3) is 0.211. The van der Waals surface area contributed by atoms with Gasteiger partial charge in [0, 0.05) is 40.7 Å². The van der Waals surface area contributed by atoms with E-state index in [1.165, 1.54) is 0 Å². The van der Waals surface area contributed by atoms with E-state index in [1.54, 1.807) is 24.4 Å². The van der Waals surface area contributed by atoms with Crippen LogP contribution in [-0.4, -0.2) is 16.9 Å². The summed E-state index contributed by atoms with van der Waals surface area (Å²) in [5, 5.41) is 6.78. The number of H-pyrrole nitrogens is 1. The number of nitrogens with one attached hydrogen (secondary N) is 3. The number of anilines is 2. The third-order valence-electron chi connectivity index (χ3n) is 4.63. The van der Waals surface area contributed by atoms with Crippen LogP contribution in [0.4, 0.5) is 25.0 Å². The molecule has 2 aromatic carbocycles. The Morgan fingerprint density at radius 3 is 2.65 bits per heavy atom. The van der Waals surface area contributed by atoms with Crippen molar-refractivity contribution in [3.63, 3.8) is 0 Å². The zero-order valence-electron chi connectivity index (χ0n) is 13.7. The van der Waals surface area contributed by atoms with Crippen LogP contribution in [0.15, 0.2) is 48.7 Å². The highest BCUT2D eigenvalue weighted by Crippen LogP contribution is 2.50. The third-order valence-corrected chi connectivity index (χ3v) is 4.95. The number of amides is 2. The van der Waals surface area contributed by atoms with Gasteiger partial charge in [-0.2, -0.15) is 0 Å². The largest absolute Gasteiger partial charge is 0.359 e. The SMILES string of the molecule is O=C(Nc1ccc(C2CC(F)(F)C2)c(Cl)c1)Nc1c[nH]c2ccccc12. The molecule has 7 heteroatoms. The number of halogens is 3. The molecule has 4 rings (SSSR count). The van der Waals surface area contributed by atoms with Crippen molar-refractivity contribution in [2.45, 2.75) is 24.7 Å². The number of aromatic amines is 1. The first-order valence-electron chi connectivity index (χ1n) is 8.23. The normalized spacial score (nSPS) is 16.3. The molecule has 0 bridgehead atoms. The van der Waals surface area contributed by atoms with Crippen molar-refractivity contribution in [2.24, 2.45) is 0 Å². The summed E-state index contributed by atoms with van der Waals surface area (Å²) in [6.45, 7) is 0. The van der Waals surface area contributed by atoms with Crippen molar-refractivity contribution in [1.82, 2.24) is 4.98 Å². The summed E-state index contributed by atoms with van der Waals surface area (Å²) in [6.07, 6.45) is 1.36. The number of rotatable bonds is 3. The Hall–Kier alpha value is -2.60. The quantitative estimate of drug-likeness (QED) is 0.518. The number of carbonyl (C=O) groups is 1. The predicted molar refractivity (Wildman–Crippen MR) is 99.3 cm³/mol. The Kier molecular flexibility index (Phi) is 4.07. The van der Waals surface area contributed by atoms with Crippen molar-refractivity contribution < 1.29 is 13.6 Å². The molecule has 0 atom stereocenters. The van der Waals surface area contributed by atoms with Crippen LogP contribution in [0.5, 0.6) is 0 Å². The van der Waals surface area contributed by atoms with Crippen LogP contribution < -0.4 is 10.6 Å². The number of aromatic nitrogens is 1. The molecule has 3 aromatic rings. The van der Waals surface area contributed by atoms with Gasteiger partial charge in [-0.1, -0.05) is 35.9 Å². The molecule has 0 spiro atoms. The molecule has 1 aliphatic carbocycles. The van der Waals surface area contributed by atoms with Crippen molar-refractivity contribution in [3.05, 3.63) is 59.2 Å². The second kappa shape index (κ2) is 6.29. The molecule has 3 N–H and O–H groups in total. The number of fused-ring (bicyclic) bond motifs is 1. The van der Waals surface area contributed by atoms with E-state index in [0.717, 1.165) is 10.9 Å². The molecule has 0 unspecified atom stereocenters. The lowest BCUT2D eigenvalue weighted by molar-refractivity contribution is -0.0867. The van der Waals surface area contributed by atoms with E-state index in [2.05, 4.69) is 15.6 Å². The molecule has 134 valence electrons. The van der Waals surface area contributed by atoms with Gasteiger partial charge in [0.05, 0.1) is 5.69 Å². The Bertz CT molecular complexity index is 978. The summed E-state index contributed by atoms with van der Waals surface area (Å²) in [5.74, 6) is -2.82. The van der Waals surface area contributed by atoms with Gasteiger partial charge >= 0.3 is 6.03 Å². The lowest BCUT2D eigenvalue weighted by Gasteiger charge is -2.35. The van der Waals surface area contributed by atoms with E-state index in [0.29, 0.717) is 22.0 Å². The topological polar surface area (TPSA) is 56.9 Å². The molecular weight excluding hydrogens is 360 g/mol. The van der Waals surface area contributed by atoms with Gasteiger partial charge in [-0.15, -0.1) is 0 Å². The molecule has 26 heavy (non-hydrogen) atoms. The van der Waals surface area contributed by atoms with Crippen LogP contribution in [0, 0.1) is 0 Å². The van der Waals surface area contributed by atoms with Crippen LogP contribution in [0.25, 0.3) is 10.9 Å². The van der Waals surface area contributed by atoms with Crippen LogP contribution >= 0.6 is 11.6 Å². The maximum absolute atomic E-state index is 13.0. The minimum atomic E-state index is -2.59. The van der Waals surface area contributed by atoms with Gasteiger partial charge in [-0.25, -0.2) is 13.6 Å². The molecule has 1 aliphatic rings. The van der Waals surface area contributed by atoms with Crippen molar-refractivity contribution >= 4 is 39.9 Å². The molecule has 1 heterocycles. The van der Waals surface area contributed by atoms with Crippen LogP contribution in [0.1, 0.15) is 24.3 Å². The summed E-state index contributed by atoms with van der Waals surface area (Å²) in [4.78, 5) is 15.3. The highest BCUT2D eigenvalue weighted by atomic mass is 35.5. The molecule has 1 aromatic heterocycles. The zero-order valence-corrected chi connectivity index (χ0v) is 14.4. The summed E-state index contributed by atoms with van der Waals surface area (Å²) >= 11 is 6.21. The lowest BCUT2D eigenvalue weighted by Crippen LogP contribution is -2.33. The zero-order chi connectivity index (χ0) is 18.3. The summed E-state index contributed by atoms with van der Waals surface area (Å²) in [7, 11) is 0. The monoisotopic (exact) mass is 375 g/mol. The highest BCUT2D eigenvalue weighted by molar-refractivity contribution is 6.31. The molecule has 1 saturated carbocycles. The van der Waals surface area contributed by atoms with Crippen LogP contribution in [0.3, 0.4) is 0 Å². The Labute approximate surface area is 153 Å². The minimum Gasteiger partial charge on any atom is -0.359 e. The molecule has 0 aliphatic heterocycles. The van der Waals surface area contributed by atoms with E-state index in [9.17, 15) is 13.6 Å². The summed E-state index contributed by atoms with van der Waals surface area (Å²) < 4.78 is 26.1. The number of urea groups is 1. The predicted octanol–water partition coefficient (Wildman–Crippen LogP) is 5.98. The van der Waals surface area contributed by atoms with Crippen molar-refractivity contribution in [2.75, 3.05) is 10.6 Å². The van der Waals surface area contributed by atoms with Crippen molar-refractivity contribution in [3.8, 4) is 0 Å². The van der Waals surface area contributed by atoms with E-state index < -0.39 is 12.0 Å². The van der Waals surface area contributed by atoms with Crippen LogP contribution in [-0.2, 0) is 0 Å². The van der Waals surface area contributed by atoms with Gasteiger partial charge < -0.3 is 15.6 Å². The van der Waals surface area contributed by atoms with Gasteiger partial charge in [0.1, 0.15) is 0 Å². The number of carbonyl (C=O) groups excluding carboxylic acids is 1. The fourth-order valence-corrected chi connectivity index (χ4v) is 3.61. The smallest absolute Gasteiger partial charge is 0.323 e. The molecule has 0 radical (unpaired) electrons. The first-order chi connectivity index (χ1) is 12.4. The fourth-order valence-electron chi connectivity index (χ4n) is 3.28. The second-order valence-corrected chi connectivity index (χ2v) is 6.93. The van der Waals surface area contributed by atoms with E-state index in [4.69, 9.17) is 11.6 Å². The highest BCUT2D eigenvalue weighted by Gasteiger charge is 2.46. The molecule has 1 fully saturated rings. The maximum atomic E-state index is 13.0.